The zero-order valence-electron chi connectivity index (χ0n) is 11.5. The molecule has 0 radical (unpaired) electrons. The number of anilines is 1. The van der Waals surface area contributed by atoms with E-state index in [-0.39, 0.29) is 11.7 Å². The number of piperidine rings is 1. The van der Waals surface area contributed by atoms with Crippen LogP contribution in [0, 0.1) is 11.2 Å². The standard InChI is InChI=1S/C14H21FN4/c1-18(2)11-4-3-7-19(9-11)13-6-5-10(15)8-12(13)14(16)17/h5-6,8,11H,3-4,7,9H2,1-2H3,(H3,16,17). The van der Waals surface area contributed by atoms with E-state index < -0.39 is 0 Å². The van der Waals surface area contributed by atoms with Crippen LogP contribution in [-0.4, -0.2) is 44.0 Å². The summed E-state index contributed by atoms with van der Waals surface area (Å²) in [7, 11) is 4.15. The van der Waals surface area contributed by atoms with Crippen LogP contribution in [0.25, 0.3) is 0 Å². The Morgan fingerprint density at radius 2 is 2.21 bits per heavy atom. The maximum absolute atomic E-state index is 13.3. The molecule has 1 atom stereocenters. The molecule has 19 heavy (non-hydrogen) atoms. The molecule has 1 aromatic carbocycles. The Morgan fingerprint density at radius 3 is 2.84 bits per heavy atom. The first kappa shape index (κ1) is 13.8. The fourth-order valence-corrected chi connectivity index (χ4v) is 2.59. The summed E-state index contributed by atoms with van der Waals surface area (Å²) in [5, 5.41) is 7.60. The average Bonchev–Trinajstić information content (AvgIpc) is 2.38. The second-order valence-corrected chi connectivity index (χ2v) is 5.28. The third-order valence-electron chi connectivity index (χ3n) is 3.72. The Kier molecular flexibility index (Phi) is 4.04. The summed E-state index contributed by atoms with van der Waals surface area (Å²) in [6, 6.07) is 4.99. The van der Waals surface area contributed by atoms with Crippen molar-refractivity contribution in [1.82, 2.24) is 4.90 Å². The van der Waals surface area contributed by atoms with Crippen LogP contribution in [0.1, 0.15) is 18.4 Å². The SMILES string of the molecule is CN(C)C1CCCN(c2ccc(F)cc2C(=N)N)C1. The van der Waals surface area contributed by atoms with Gasteiger partial charge in [0.2, 0.25) is 0 Å². The van der Waals surface area contributed by atoms with Gasteiger partial charge in [-0.3, -0.25) is 5.41 Å². The maximum atomic E-state index is 13.3. The fraction of sp³-hybridized carbons (Fsp3) is 0.500. The lowest BCUT2D eigenvalue weighted by Crippen LogP contribution is -2.45. The van der Waals surface area contributed by atoms with E-state index in [9.17, 15) is 4.39 Å². The number of hydrogen-bond donors (Lipinski definition) is 2. The largest absolute Gasteiger partial charge is 0.384 e. The zero-order valence-corrected chi connectivity index (χ0v) is 11.5. The van der Waals surface area contributed by atoms with Crippen molar-refractivity contribution >= 4 is 11.5 Å². The van der Waals surface area contributed by atoms with E-state index in [0.29, 0.717) is 11.6 Å². The van der Waals surface area contributed by atoms with Gasteiger partial charge < -0.3 is 15.5 Å². The first-order valence-corrected chi connectivity index (χ1v) is 6.54. The monoisotopic (exact) mass is 264 g/mol. The summed E-state index contributed by atoms with van der Waals surface area (Å²) in [6.07, 6.45) is 2.26. The molecule has 1 heterocycles. The van der Waals surface area contributed by atoms with Crippen LogP contribution in [0.2, 0.25) is 0 Å². The number of nitrogens with zero attached hydrogens (tertiary/aromatic N) is 2. The van der Waals surface area contributed by atoms with Crippen LogP contribution in [0.4, 0.5) is 10.1 Å². The zero-order chi connectivity index (χ0) is 14.0. The smallest absolute Gasteiger partial charge is 0.125 e. The Hall–Kier alpha value is -1.62. The Bertz CT molecular complexity index is 473. The molecule has 0 amide bonds. The Labute approximate surface area is 113 Å². The third-order valence-corrected chi connectivity index (χ3v) is 3.72. The van der Waals surface area contributed by atoms with Crippen LogP contribution in [0.15, 0.2) is 18.2 Å². The number of halogens is 1. The summed E-state index contributed by atoms with van der Waals surface area (Å²) < 4.78 is 13.3. The predicted octanol–water partition coefficient (Wildman–Crippen LogP) is 1.64. The summed E-state index contributed by atoms with van der Waals surface area (Å²) in [5.41, 5.74) is 6.91. The number of nitrogens with two attached hydrogens (primary N) is 1. The van der Waals surface area contributed by atoms with E-state index in [0.717, 1.165) is 25.2 Å². The first-order chi connectivity index (χ1) is 8.99. The molecule has 1 saturated heterocycles. The van der Waals surface area contributed by atoms with E-state index in [1.54, 1.807) is 6.07 Å². The summed E-state index contributed by atoms with van der Waals surface area (Å²) in [5.74, 6) is -0.434. The minimum atomic E-state index is -0.352. The molecule has 0 aromatic heterocycles. The molecule has 0 spiro atoms. The molecular formula is C14H21FN4. The summed E-state index contributed by atoms with van der Waals surface area (Å²) in [4.78, 5) is 4.41. The number of hydrogen-bond acceptors (Lipinski definition) is 3. The first-order valence-electron chi connectivity index (χ1n) is 6.54. The highest BCUT2D eigenvalue weighted by molar-refractivity contribution is 6.00. The third kappa shape index (κ3) is 3.04. The number of nitrogens with one attached hydrogen (secondary N) is 1. The maximum Gasteiger partial charge on any atom is 0.125 e. The molecule has 1 aliphatic rings. The predicted molar refractivity (Wildman–Crippen MR) is 76.3 cm³/mol. The van der Waals surface area contributed by atoms with Gasteiger partial charge in [0.25, 0.3) is 0 Å². The van der Waals surface area contributed by atoms with Gasteiger partial charge >= 0.3 is 0 Å². The van der Waals surface area contributed by atoms with Crippen LogP contribution >= 0.6 is 0 Å². The fourth-order valence-electron chi connectivity index (χ4n) is 2.59. The molecule has 5 heteroatoms. The van der Waals surface area contributed by atoms with E-state index in [4.69, 9.17) is 11.1 Å². The van der Waals surface area contributed by atoms with E-state index in [1.807, 2.05) is 0 Å². The molecule has 0 bridgehead atoms. The molecule has 0 saturated carbocycles. The average molecular weight is 264 g/mol. The lowest BCUT2D eigenvalue weighted by Gasteiger charge is -2.38. The van der Waals surface area contributed by atoms with E-state index in [1.165, 1.54) is 18.6 Å². The second kappa shape index (κ2) is 5.57. The minimum absolute atomic E-state index is 0.0820. The summed E-state index contributed by atoms with van der Waals surface area (Å²) >= 11 is 0. The molecule has 3 N–H and O–H groups in total. The normalized spacial score (nSPS) is 19.8. The molecule has 1 fully saturated rings. The molecule has 4 nitrogen and oxygen atoms in total. The quantitative estimate of drug-likeness (QED) is 0.644. The molecule has 1 aliphatic heterocycles. The van der Waals surface area contributed by atoms with Crippen molar-refractivity contribution in [2.24, 2.45) is 5.73 Å². The number of benzene rings is 1. The van der Waals surface area contributed by atoms with Crippen molar-refractivity contribution in [3.05, 3.63) is 29.6 Å². The van der Waals surface area contributed by atoms with Gasteiger partial charge in [-0.2, -0.15) is 0 Å². The molecule has 104 valence electrons. The Morgan fingerprint density at radius 1 is 1.47 bits per heavy atom. The van der Waals surface area contributed by atoms with Crippen molar-refractivity contribution in [1.29, 1.82) is 5.41 Å². The van der Waals surface area contributed by atoms with Gasteiger partial charge in [-0.1, -0.05) is 0 Å². The van der Waals surface area contributed by atoms with Crippen LogP contribution in [0.5, 0.6) is 0 Å². The van der Waals surface area contributed by atoms with Gasteiger partial charge in [0, 0.05) is 30.4 Å². The molecule has 0 aliphatic carbocycles. The van der Waals surface area contributed by atoms with E-state index in [2.05, 4.69) is 23.9 Å². The Balaban J connectivity index is 2.28. The van der Waals surface area contributed by atoms with Gasteiger partial charge in [0.1, 0.15) is 11.7 Å². The van der Waals surface area contributed by atoms with Gasteiger partial charge in [-0.05, 0) is 45.1 Å². The van der Waals surface area contributed by atoms with Gasteiger partial charge in [-0.15, -0.1) is 0 Å². The molecular weight excluding hydrogens is 243 g/mol. The lowest BCUT2D eigenvalue weighted by molar-refractivity contribution is 0.258. The minimum Gasteiger partial charge on any atom is -0.384 e. The molecule has 1 unspecified atom stereocenters. The van der Waals surface area contributed by atoms with Crippen molar-refractivity contribution in [3.63, 3.8) is 0 Å². The van der Waals surface area contributed by atoms with Crippen molar-refractivity contribution in [2.45, 2.75) is 18.9 Å². The highest BCUT2D eigenvalue weighted by Crippen LogP contribution is 2.25. The van der Waals surface area contributed by atoms with Crippen LogP contribution in [-0.2, 0) is 0 Å². The van der Waals surface area contributed by atoms with Crippen LogP contribution < -0.4 is 10.6 Å². The van der Waals surface area contributed by atoms with Gasteiger partial charge in [0.15, 0.2) is 0 Å². The highest BCUT2D eigenvalue weighted by Gasteiger charge is 2.23. The number of amidine groups is 1. The van der Waals surface area contributed by atoms with Crippen LogP contribution in [0.3, 0.4) is 0 Å². The molecule has 2 rings (SSSR count). The number of likely N-dealkylation sites (N-methyl/N-ethyl adjacent to an activating group) is 1. The van der Waals surface area contributed by atoms with Crippen molar-refractivity contribution < 1.29 is 4.39 Å². The highest BCUT2D eigenvalue weighted by atomic mass is 19.1. The van der Waals surface area contributed by atoms with Gasteiger partial charge in [0.05, 0.1) is 0 Å². The van der Waals surface area contributed by atoms with E-state index >= 15 is 0 Å². The second-order valence-electron chi connectivity index (χ2n) is 5.28. The topological polar surface area (TPSA) is 56.4 Å². The molecule has 1 aromatic rings. The van der Waals surface area contributed by atoms with Crippen molar-refractivity contribution in [2.75, 3.05) is 32.1 Å². The van der Waals surface area contributed by atoms with Crippen molar-refractivity contribution in [3.8, 4) is 0 Å². The number of nitrogen functional groups attached to an aromatic ring is 1. The summed E-state index contributed by atoms with van der Waals surface area (Å²) in [6.45, 7) is 1.81. The van der Waals surface area contributed by atoms with Gasteiger partial charge in [-0.25, -0.2) is 4.39 Å². The number of rotatable bonds is 3. The lowest BCUT2D eigenvalue weighted by atomic mass is 10.0.